The first-order chi connectivity index (χ1) is 7.55. The Morgan fingerprint density at radius 1 is 1.56 bits per heavy atom. The summed E-state index contributed by atoms with van der Waals surface area (Å²) >= 11 is 0. The summed E-state index contributed by atoms with van der Waals surface area (Å²) in [6, 6.07) is 0. The highest BCUT2D eigenvalue weighted by molar-refractivity contribution is 5.08. The molecule has 0 saturated carbocycles. The maximum atomic E-state index is 12.3. The van der Waals surface area contributed by atoms with E-state index < -0.39 is 11.7 Å². The van der Waals surface area contributed by atoms with Crippen LogP contribution in [0.25, 0.3) is 0 Å². The zero-order chi connectivity index (χ0) is 11.6. The quantitative estimate of drug-likeness (QED) is 0.827. The van der Waals surface area contributed by atoms with Gasteiger partial charge < -0.3 is 10.1 Å². The minimum Gasteiger partial charge on any atom is -0.374 e. The van der Waals surface area contributed by atoms with Crippen LogP contribution in [0.2, 0.25) is 0 Å². The fourth-order valence-electron chi connectivity index (χ4n) is 1.56. The number of aromatic nitrogens is 2. The van der Waals surface area contributed by atoms with E-state index in [1.54, 1.807) is 0 Å². The van der Waals surface area contributed by atoms with Crippen LogP contribution in [0.4, 0.5) is 13.2 Å². The molecule has 2 heterocycles. The largest absolute Gasteiger partial charge is 0.419 e. The summed E-state index contributed by atoms with van der Waals surface area (Å²) in [5.74, 6) is 0. The van der Waals surface area contributed by atoms with Crippen LogP contribution in [0.5, 0.6) is 0 Å². The molecule has 7 heteroatoms. The van der Waals surface area contributed by atoms with Crippen molar-refractivity contribution in [3.05, 3.63) is 18.0 Å². The zero-order valence-corrected chi connectivity index (χ0v) is 8.50. The molecule has 0 amide bonds. The number of hydrogen-bond donors (Lipinski definition) is 1. The third kappa shape index (κ3) is 2.73. The van der Waals surface area contributed by atoms with Crippen molar-refractivity contribution in [1.82, 2.24) is 15.1 Å². The van der Waals surface area contributed by atoms with Crippen molar-refractivity contribution in [2.75, 3.05) is 19.7 Å². The van der Waals surface area contributed by atoms with Crippen LogP contribution in [0.3, 0.4) is 0 Å². The summed E-state index contributed by atoms with van der Waals surface area (Å²) in [5.41, 5.74) is -0.726. The van der Waals surface area contributed by atoms with Crippen molar-refractivity contribution in [2.45, 2.75) is 18.8 Å². The van der Waals surface area contributed by atoms with Crippen LogP contribution in [-0.2, 0) is 17.5 Å². The number of hydrogen-bond acceptors (Lipinski definition) is 3. The maximum Gasteiger partial charge on any atom is 0.419 e. The summed E-state index contributed by atoms with van der Waals surface area (Å²) < 4.78 is 43.5. The Bertz CT molecular complexity index is 344. The van der Waals surface area contributed by atoms with E-state index in [-0.39, 0.29) is 6.10 Å². The Balaban J connectivity index is 1.97. The monoisotopic (exact) mass is 235 g/mol. The molecule has 1 atom stereocenters. The molecule has 90 valence electrons. The predicted octanol–water partition coefficient (Wildman–Crippen LogP) is 0.890. The van der Waals surface area contributed by atoms with E-state index >= 15 is 0 Å². The molecule has 0 spiro atoms. The molecule has 4 nitrogen and oxygen atoms in total. The molecule has 16 heavy (non-hydrogen) atoms. The number of rotatable bonds is 2. The lowest BCUT2D eigenvalue weighted by atomic mass is 10.3. The third-order valence-corrected chi connectivity index (χ3v) is 2.36. The van der Waals surface area contributed by atoms with Gasteiger partial charge in [-0.05, 0) is 0 Å². The Morgan fingerprint density at radius 3 is 2.94 bits per heavy atom. The van der Waals surface area contributed by atoms with Crippen LogP contribution >= 0.6 is 0 Å². The molecule has 1 aliphatic rings. The van der Waals surface area contributed by atoms with E-state index in [0.717, 1.165) is 18.9 Å². The molecule has 2 rings (SSSR count). The Morgan fingerprint density at radius 2 is 2.38 bits per heavy atom. The van der Waals surface area contributed by atoms with E-state index in [9.17, 15) is 13.2 Å². The first-order valence-electron chi connectivity index (χ1n) is 4.97. The summed E-state index contributed by atoms with van der Waals surface area (Å²) in [7, 11) is 0. The van der Waals surface area contributed by atoms with Gasteiger partial charge in [-0.1, -0.05) is 0 Å². The summed E-state index contributed by atoms with van der Waals surface area (Å²) in [5, 5.41) is 6.77. The van der Waals surface area contributed by atoms with E-state index in [1.807, 2.05) is 0 Å². The maximum absolute atomic E-state index is 12.3. The van der Waals surface area contributed by atoms with Crippen molar-refractivity contribution in [1.29, 1.82) is 0 Å². The highest BCUT2D eigenvalue weighted by atomic mass is 19.4. The number of halogens is 3. The van der Waals surface area contributed by atoms with Gasteiger partial charge in [-0.3, -0.25) is 4.68 Å². The number of morpholine rings is 1. The molecular weight excluding hydrogens is 223 g/mol. The SMILES string of the molecule is FC(F)(F)c1cnn(CC2CNCCO2)c1. The number of nitrogens with one attached hydrogen (secondary N) is 1. The highest BCUT2D eigenvalue weighted by Gasteiger charge is 2.32. The Labute approximate surface area is 90.4 Å². The van der Waals surface area contributed by atoms with Crippen LogP contribution in [0, 0.1) is 0 Å². The predicted molar refractivity (Wildman–Crippen MR) is 49.8 cm³/mol. The van der Waals surface area contributed by atoms with Crippen LogP contribution in [0.15, 0.2) is 12.4 Å². The van der Waals surface area contributed by atoms with E-state index in [4.69, 9.17) is 4.74 Å². The van der Waals surface area contributed by atoms with Crippen LogP contribution < -0.4 is 5.32 Å². The number of alkyl halides is 3. The van der Waals surface area contributed by atoms with Crippen LogP contribution in [-0.4, -0.2) is 35.6 Å². The molecule has 1 fully saturated rings. The highest BCUT2D eigenvalue weighted by Crippen LogP contribution is 2.28. The molecule has 0 aromatic carbocycles. The Kier molecular flexibility index (Phi) is 3.15. The van der Waals surface area contributed by atoms with Gasteiger partial charge in [-0.2, -0.15) is 18.3 Å². The molecular formula is C9H12F3N3O. The second-order valence-electron chi connectivity index (χ2n) is 3.65. The van der Waals surface area contributed by atoms with Gasteiger partial charge in [0, 0.05) is 19.3 Å². The fraction of sp³-hybridized carbons (Fsp3) is 0.667. The standard InChI is InChI=1S/C9H12F3N3O/c10-9(11,12)7-3-14-15(5-7)6-8-4-13-1-2-16-8/h3,5,8,13H,1-2,4,6H2. The van der Waals surface area contributed by atoms with Gasteiger partial charge in [0.2, 0.25) is 0 Å². The molecule has 0 bridgehead atoms. The molecule has 0 aliphatic carbocycles. The lowest BCUT2D eigenvalue weighted by Crippen LogP contribution is -2.40. The average Bonchev–Trinajstić information content (AvgIpc) is 2.67. The molecule has 1 aromatic rings. The molecule has 0 radical (unpaired) electrons. The second-order valence-corrected chi connectivity index (χ2v) is 3.65. The van der Waals surface area contributed by atoms with Crippen LogP contribution in [0.1, 0.15) is 5.56 Å². The topological polar surface area (TPSA) is 39.1 Å². The second kappa shape index (κ2) is 4.42. The molecule has 1 unspecified atom stereocenters. The normalized spacial score (nSPS) is 22.3. The smallest absolute Gasteiger partial charge is 0.374 e. The van der Waals surface area contributed by atoms with E-state index in [2.05, 4.69) is 10.4 Å². The molecule has 1 saturated heterocycles. The van der Waals surface area contributed by atoms with Gasteiger partial charge in [-0.15, -0.1) is 0 Å². The van der Waals surface area contributed by atoms with Crippen molar-refractivity contribution in [2.24, 2.45) is 0 Å². The van der Waals surface area contributed by atoms with Crippen molar-refractivity contribution >= 4 is 0 Å². The Hall–Kier alpha value is -1.08. The summed E-state index contributed by atoms with van der Waals surface area (Å²) in [6.07, 6.45) is -2.62. The number of ether oxygens (including phenoxy) is 1. The van der Waals surface area contributed by atoms with Gasteiger partial charge in [0.25, 0.3) is 0 Å². The molecule has 1 aliphatic heterocycles. The summed E-state index contributed by atoms with van der Waals surface area (Å²) in [4.78, 5) is 0. The van der Waals surface area contributed by atoms with Gasteiger partial charge in [-0.25, -0.2) is 0 Å². The van der Waals surface area contributed by atoms with Gasteiger partial charge in [0.15, 0.2) is 0 Å². The van der Waals surface area contributed by atoms with Crippen molar-refractivity contribution in [3.63, 3.8) is 0 Å². The van der Waals surface area contributed by atoms with Gasteiger partial charge >= 0.3 is 6.18 Å². The molecule has 1 aromatic heterocycles. The lowest BCUT2D eigenvalue weighted by molar-refractivity contribution is -0.137. The lowest BCUT2D eigenvalue weighted by Gasteiger charge is -2.23. The zero-order valence-electron chi connectivity index (χ0n) is 8.50. The minimum absolute atomic E-state index is 0.116. The first-order valence-corrected chi connectivity index (χ1v) is 4.97. The van der Waals surface area contributed by atoms with Crippen molar-refractivity contribution in [3.8, 4) is 0 Å². The minimum atomic E-state index is -4.33. The van der Waals surface area contributed by atoms with E-state index in [1.165, 1.54) is 4.68 Å². The fourth-order valence-corrected chi connectivity index (χ4v) is 1.56. The van der Waals surface area contributed by atoms with Gasteiger partial charge in [0.1, 0.15) is 0 Å². The average molecular weight is 235 g/mol. The van der Waals surface area contributed by atoms with Gasteiger partial charge in [0.05, 0.1) is 31.0 Å². The summed E-state index contributed by atoms with van der Waals surface area (Å²) in [6.45, 7) is 2.34. The molecule has 1 N–H and O–H groups in total. The van der Waals surface area contributed by atoms with E-state index in [0.29, 0.717) is 19.7 Å². The number of nitrogens with zero attached hydrogens (tertiary/aromatic N) is 2. The first kappa shape index (κ1) is 11.4. The third-order valence-electron chi connectivity index (χ3n) is 2.36. The van der Waals surface area contributed by atoms with Crippen molar-refractivity contribution < 1.29 is 17.9 Å².